The van der Waals surface area contributed by atoms with Crippen molar-refractivity contribution >= 4 is 26.9 Å². The molecule has 0 fully saturated rings. The van der Waals surface area contributed by atoms with Crippen LogP contribution < -0.4 is 10.2 Å². The number of halogens is 1. The molecule has 3 nitrogen and oxygen atoms in total. The lowest BCUT2D eigenvalue weighted by Crippen LogP contribution is -2.07. The number of hydrogen-bond acceptors (Lipinski definition) is 3. The molecule has 0 aliphatic rings. The van der Waals surface area contributed by atoms with Crippen LogP contribution in [0.5, 0.6) is 5.75 Å². The Kier molecular flexibility index (Phi) is 5.05. The molecule has 28 heavy (non-hydrogen) atoms. The summed E-state index contributed by atoms with van der Waals surface area (Å²) in [7, 11) is 0. The van der Waals surface area contributed by atoms with Crippen LogP contribution in [0.3, 0.4) is 0 Å². The van der Waals surface area contributed by atoms with Gasteiger partial charge in [0.1, 0.15) is 23.7 Å². The molecule has 140 valence electrons. The third kappa shape index (κ3) is 3.73. The fourth-order valence-electron chi connectivity index (χ4n) is 3.18. The molecule has 0 aliphatic carbocycles. The second kappa shape index (κ2) is 7.64. The number of fused-ring (bicyclic) bond motifs is 1. The predicted octanol–water partition coefficient (Wildman–Crippen LogP) is 6.42. The van der Waals surface area contributed by atoms with Crippen molar-refractivity contribution in [2.24, 2.45) is 0 Å². The summed E-state index contributed by atoms with van der Waals surface area (Å²) in [6.07, 6.45) is 0. The summed E-state index contributed by atoms with van der Waals surface area (Å²) in [5.41, 5.74) is 4.24. The Morgan fingerprint density at radius 2 is 1.64 bits per heavy atom. The zero-order valence-corrected chi connectivity index (χ0v) is 17.2. The SMILES string of the molecule is Cc1ccc(COc2ccc3c(=O)c(-c4ccc(Br)cc4)c(C)oc3c2)cc1. The first-order valence-electron chi connectivity index (χ1n) is 9.03. The lowest BCUT2D eigenvalue weighted by Gasteiger charge is -2.10. The summed E-state index contributed by atoms with van der Waals surface area (Å²) in [5, 5.41) is 0.547. The second-order valence-electron chi connectivity index (χ2n) is 6.80. The number of hydrogen-bond donors (Lipinski definition) is 0. The van der Waals surface area contributed by atoms with Crippen LogP contribution >= 0.6 is 15.9 Å². The van der Waals surface area contributed by atoms with Gasteiger partial charge in [-0.1, -0.05) is 57.9 Å². The largest absolute Gasteiger partial charge is 0.489 e. The van der Waals surface area contributed by atoms with Gasteiger partial charge < -0.3 is 9.15 Å². The van der Waals surface area contributed by atoms with Gasteiger partial charge in [0.2, 0.25) is 5.43 Å². The zero-order chi connectivity index (χ0) is 19.7. The summed E-state index contributed by atoms with van der Waals surface area (Å²) in [6.45, 7) is 4.34. The van der Waals surface area contributed by atoms with Crippen molar-refractivity contribution in [2.45, 2.75) is 20.5 Å². The highest BCUT2D eigenvalue weighted by Crippen LogP contribution is 2.27. The number of benzene rings is 3. The van der Waals surface area contributed by atoms with Crippen molar-refractivity contribution in [3.8, 4) is 16.9 Å². The van der Waals surface area contributed by atoms with Gasteiger partial charge in [-0.05, 0) is 49.2 Å². The van der Waals surface area contributed by atoms with E-state index in [1.165, 1.54) is 5.56 Å². The molecule has 0 saturated carbocycles. The maximum Gasteiger partial charge on any atom is 0.200 e. The summed E-state index contributed by atoms with van der Waals surface area (Å²) in [5.74, 6) is 1.27. The number of aryl methyl sites for hydroxylation is 2. The third-order valence-electron chi connectivity index (χ3n) is 4.70. The van der Waals surface area contributed by atoms with Crippen LogP contribution in [0.1, 0.15) is 16.9 Å². The first-order valence-corrected chi connectivity index (χ1v) is 9.82. The molecule has 1 heterocycles. The molecule has 0 amide bonds. The molecule has 4 aromatic rings. The summed E-state index contributed by atoms with van der Waals surface area (Å²) >= 11 is 3.42. The Morgan fingerprint density at radius 1 is 0.929 bits per heavy atom. The molecule has 3 aromatic carbocycles. The number of ether oxygens (including phenoxy) is 1. The lowest BCUT2D eigenvalue weighted by molar-refractivity contribution is 0.306. The quantitative estimate of drug-likeness (QED) is 0.372. The van der Waals surface area contributed by atoms with E-state index in [0.717, 1.165) is 15.6 Å². The average molecular weight is 435 g/mol. The van der Waals surface area contributed by atoms with Gasteiger partial charge in [0.05, 0.1) is 10.9 Å². The third-order valence-corrected chi connectivity index (χ3v) is 5.23. The van der Waals surface area contributed by atoms with Crippen LogP contribution in [0.2, 0.25) is 0 Å². The Balaban J connectivity index is 1.67. The molecular formula is C24H19BrO3. The minimum absolute atomic E-state index is 0.0360. The Bertz CT molecular complexity index is 1190. The van der Waals surface area contributed by atoms with Crippen molar-refractivity contribution in [1.82, 2.24) is 0 Å². The van der Waals surface area contributed by atoms with Gasteiger partial charge in [-0.2, -0.15) is 0 Å². The van der Waals surface area contributed by atoms with Gasteiger partial charge in [0.25, 0.3) is 0 Å². The van der Waals surface area contributed by atoms with Gasteiger partial charge in [-0.15, -0.1) is 0 Å². The maximum atomic E-state index is 13.0. The van der Waals surface area contributed by atoms with Gasteiger partial charge in [0, 0.05) is 10.5 Å². The first-order chi connectivity index (χ1) is 13.5. The summed E-state index contributed by atoms with van der Waals surface area (Å²) in [4.78, 5) is 13.0. The fourth-order valence-corrected chi connectivity index (χ4v) is 3.44. The standard InChI is InChI=1S/C24H19BrO3/c1-15-3-5-17(6-4-15)14-27-20-11-12-21-22(13-20)28-16(2)23(24(21)26)18-7-9-19(25)10-8-18/h3-13H,14H2,1-2H3. The highest BCUT2D eigenvalue weighted by molar-refractivity contribution is 9.10. The Labute approximate surface area is 171 Å². The monoisotopic (exact) mass is 434 g/mol. The van der Waals surface area contributed by atoms with E-state index in [-0.39, 0.29) is 5.43 Å². The van der Waals surface area contributed by atoms with Crippen LogP contribution in [0.25, 0.3) is 22.1 Å². The highest BCUT2D eigenvalue weighted by Gasteiger charge is 2.14. The lowest BCUT2D eigenvalue weighted by atomic mass is 10.0. The summed E-state index contributed by atoms with van der Waals surface area (Å²) in [6, 6.07) is 21.2. The van der Waals surface area contributed by atoms with E-state index in [1.54, 1.807) is 12.1 Å². The van der Waals surface area contributed by atoms with Crippen LogP contribution in [-0.2, 0) is 6.61 Å². The van der Waals surface area contributed by atoms with Crippen LogP contribution in [0, 0.1) is 13.8 Å². The van der Waals surface area contributed by atoms with Gasteiger partial charge in [-0.25, -0.2) is 0 Å². The Morgan fingerprint density at radius 3 is 2.36 bits per heavy atom. The molecule has 0 unspecified atom stereocenters. The van der Waals surface area contributed by atoms with E-state index < -0.39 is 0 Å². The molecule has 0 N–H and O–H groups in total. The van der Waals surface area contributed by atoms with Crippen molar-refractivity contribution in [3.63, 3.8) is 0 Å². The van der Waals surface area contributed by atoms with Gasteiger partial charge in [-0.3, -0.25) is 4.79 Å². The molecule has 0 spiro atoms. The molecule has 4 heteroatoms. The zero-order valence-electron chi connectivity index (χ0n) is 15.7. The molecule has 0 bridgehead atoms. The van der Waals surface area contributed by atoms with Crippen molar-refractivity contribution in [1.29, 1.82) is 0 Å². The molecule has 0 saturated heterocycles. The van der Waals surface area contributed by atoms with E-state index >= 15 is 0 Å². The molecule has 4 rings (SSSR count). The number of rotatable bonds is 4. The molecule has 0 atom stereocenters. The van der Waals surface area contributed by atoms with E-state index in [2.05, 4.69) is 35.0 Å². The predicted molar refractivity (Wildman–Crippen MR) is 116 cm³/mol. The van der Waals surface area contributed by atoms with E-state index in [4.69, 9.17) is 9.15 Å². The smallest absolute Gasteiger partial charge is 0.200 e. The molecule has 1 aromatic heterocycles. The highest BCUT2D eigenvalue weighted by atomic mass is 79.9. The summed E-state index contributed by atoms with van der Waals surface area (Å²) < 4.78 is 12.8. The minimum atomic E-state index is -0.0360. The maximum absolute atomic E-state index is 13.0. The van der Waals surface area contributed by atoms with E-state index in [0.29, 0.717) is 34.6 Å². The Hall–Kier alpha value is -2.85. The van der Waals surface area contributed by atoms with Crippen molar-refractivity contribution in [2.75, 3.05) is 0 Å². The average Bonchev–Trinajstić information content (AvgIpc) is 2.69. The van der Waals surface area contributed by atoms with E-state index in [1.807, 2.05) is 49.4 Å². The minimum Gasteiger partial charge on any atom is -0.489 e. The van der Waals surface area contributed by atoms with E-state index in [9.17, 15) is 4.79 Å². The normalized spacial score (nSPS) is 11.0. The second-order valence-corrected chi connectivity index (χ2v) is 7.72. The molecule has 0 radical (unpaired) electrons. The van der Waals surface area contributed by atoms with Crippen molar-refractivity contribution < 1.29 is 9.15 Å². The van der Waals surface area contributed by atoms with Crippen molar-refractivity contribution in [3.05, 3.63) is 98.3 Å². The first kappa shape index (κ1) is 18.5. The van der Waals surface area contributed by atoms with Gasteiger partial charge in [0.15, 0.2) is 0 Å². The van der Waals surface area contributed by atoms with Crippen LogP contribution in [0.4, 0.5) is 0 Å². The van der Waals surface area contributed by atoms with Crippen LogP contribution in [0.15, 0.2) is 80.4 Å². The fraction of sp³-hybridized carbons (Fsp3) is 0.125. The van der Waals surface area contributed by atoms with Crippen LogP contribution in [-0.4, -0.2) is 0 Å². The van der Waals surface area contributed by atoms with Gasteiger partial charge >= 0.3 is 0 Å². The molecular weight excluding hydrogens is 416 g/mol. The topological polar surface area (TPSA) is 39.4 Å². The molecule has 0 aliphatic heterocycles.